The van der Waals surface area contributed by atoms with E-state index in [1.54, 1.807) is 17.7 Å². The Morgan fingerprint density at radius 1 is 1.31 bits per heavy atom. The van der Waals surface area contributed by atoms with Crippen molar-refractivity contribution in [1.29, 1.82) is 0 Å². The zero-order valence-electron chi connectivity index (χ0n) is 14.7. The van der Waals surface area contributed by atoms with E-state index >= 15 is 0 Å². The summed E-state index contributed by atoms with van der Waals surface area (Å²) in [7, 11) is 0. The van der Waals surface area contributed by atoms with Crippen LogP contribution in [0.2, 0.25) is 0 Å². The van der Waals surface area contributed by atoms with Gasteiger partial charge in [-0.05, 0) is 25.3 Å². The van der Waals surface area contributed by atoms with Crippen LogP contribution in [0.4, 0.5) is 5.82 Å². The third-order valence-electron chi connectivity index (χ3n) is 4.78. The van der Waals surface area contributed by atoms with Crippen LogP contribution in [0.1, 0.15) is 19.8 Å². The molecule has 0 spiro atoms. The number of nitrogens with zero attached hydrogens (tertiary/aromatic N) is 3. The number of aromatic nitrogens is 2. The van der Waals surface area contributed by atoms with Gasteiger partial charge in [-0.1, -0.05) is 30.3 Å². The molecule has 3 aromatic rings. The number of anilines is 1. The number of hydrogen-bond acceptors (Lipinski definition) is 6. The van der Waals surface area contributed by atoms with Crippen molar-refractivity contribution >= 4 is 33.3 Å². The topological polar surface area (TPSA) is 55.3 Å². The molecule has 3 heterocycles. The van der Waals surface area contributed by atoms with Gasteiger partial charge in [0.05, 0.1) is 17.9 Å². The van der Waals surface area contributed by atoms with Crippen molar-refractivity contribution in [3.05, 3.63) is 42.0 Å². The second-order valence-electron chi connectivity index (χ2n) is 6.43. The molecule has 1 aliphatic rings. The van der Waals surface area contributed by atoms with Gasteiger partial charge >= 0.3 is 5.97 Å². The van der Waals surface area contributed by atoms with Crippen molar-refractivity contribution in [2.45, 2.75) is 19.8 Å². The Bertz CT molecular complexity index is 910. The van der Waals surface area contributed by atoms with Gasteiger partial charge in [-0.15, -0.1) is 11.3 Å². The fraction of sp³-hybridized carbons (Fsp3) is 0.350. The summed E-state index contributed by atoms with van der Waals surface area (Å²) in [5, 5.41) is 3.22. The van der Waals surface area contributed by atoms with Gasteiger partial charge in [-0.25, -0.2) is 9.97 Å². The minimum absolute atomic E-state index is 0.0903. The summed E-state index contributed by atoms with van der Waals surface area (Å²) in [6.45, 7) is 3.82. The first-order chi connectivity index (χ1) is 12.8. The Kier molecular flexibility index (Phi) is 4.84. The van der Waals surface area contributed by atoms with Gasteiger partial charge in [0.15, 0.2) is 0 Å². The molecule has 0 amide bonds. The fourth-order valence-electron chi connectivity index (χ4n) is 3.55. The monoisotopic (exact) mass is 367 g/mol. The standard InChI is InChI=1S/C20H21N3O2S/c1-2-25-20(24)15-9-6-10-23(11-15)18-17-16(14-7-4-3-5-8-14)12-26-19(17)22-13-21-18/h3-5,7-8,12-13,15H,2,6,9-11H2,1H3/t15-/m0/s1. The highest BCUT2D eigenvalue weighted by atomic mass is 32.1. The number of benzene rings is 1. The maximum absolute atomic E-state index is 12.2. The summed E-state index contributed by atoms with van der Waals surface area (Å²) >= 11 is 1.63. The Labute approximate surface area is 156 Å². The molecular formula is C20H21N3O2S. The zero-order valence-corrected chi connectivity index (χ0v) is 15.5. The number of rotatable bonds is 4. The quantitative estimate of drug-likeness (QED) is 0.649. The molecule has 0 aliphatic carbocycles. The SMILES string of the molecule is CCOC(=O)[C@H]1CCCN(c2ncnc3scc(-c4ccccc4)c23)C1. The van der Waals surface area contributed by atoms with E-state index in [9.17, 15) is 4.79 Å². The van der Waals surface area contributed by atoms with Crippen molar-refractivity contribution in [1.82, 2.24) is 9.97 Å². The highest BCUT2D eigenvalue weighted by Gasteiger charge is 2.29. The number of piperidine rings is 1. The molecule has 0 N–H and O–H groups in total. The molecule has 5 nitrogen and oxygen atoms in total. The van der Waals surface area contributed by atoms with E-state index < -0.39 is 0 Å². The molecule has 1 saturated heterocycles. The number of fused-ring (bicyclic) bond motifs is 1. The summed E-state index contributed by atoms with van der Waals surface area (Å²) in [6.07, 6.45) is 3.45. The predicted octanol–water partition coefficient (Wildman–Crippen LogP) is 4.14. The maximum Gasteiger partial charge on any atom is 0.310 e. The van der Waals surface area contributed by atoms with Gasteiger partial charge in [0.25, 0.3) is 0 Å². The normalized spacial score (nSPS) is 17.4. The Morgan fingerprint density at radius 3 is 2.96 bits per heavy atom. The predicted molar refractivity (Wildman–Crippen MR) is 104 cm³/mol. The molecular weight excluding hydrogens is 346 g/mol. The number of thiophene rings is 1. The van der Waals surface area contributed by atoms with E-state index in [0.29, 0.717) is 13.2 Å². The Morgan fingerprint density at radius 2 is 2.15 bits per heavy atom. The lowest BCUT2D eigenvalue weighted by atomic mass is 9.97. The molecule has 0 unspecified atom stereocenters. The van der Waals surface area contributed by atoms with Gasteiger partial charge in [0.1, 0.15) is 17.0 Å². The first-order valence-corrected chi connectivity index (χ1v) is 9.85. The largest absolute Gasteiger partial charge is 0.466 e. The average molecular weight is 367 g/mol. The number of esters is 1. The van der Waals surface area contributed by atoms with Crippen LogP contribution < -0.4 is 4.90 Å². The smallest absolute Gasteiger partial charge is 0.310 e. The lowest BCUT2D eigenvalue weighted by Gasteiger charge is -2.32. The van der Waals surface area contributed by atoms with Crippen LogP contribution in [-0.4, -0.2) is 35.6 Å². The van der Waals surface area contributed by atoms with Crippen LogP contribution in [0, 0.1) is 5.92 Å². The van der Waals surface area contributed by atoms with Gasteiger partial charge in [0, 0.05) is 24.0 Å². The highest BCUT2D eigenvalue weighted by molar-refractivity contribution is 7.17. The molecule has 6 heteroatoms. The van der Waals surface area contributed by atoms with E-state index in [1.165, 1.54) is 0 Å². The van der Waals surface area contributed by atoms with Crippen molar-refractivity contribution in [2.75, 3.05) is 24.6 Å². The van der Waals surface area contributed by atoms with Crippen LogP contribution in [-0.2, 0) is 9.53 Å². The van der Waals surface area contributed by atoms with Crippen molar-refractivity contribution < 1.29 is 9.53 Å². The van der Waals surface area contributed by atoms with E-state index in [0.717, 1.165) is 46.5 Å². The van der Waals surface area contributed by atoms with E-state index in [2.05, 4.69) is 32.4 Å². The van der Waals surface area contributed by atoms with Crippen molar-refractivity contribution in [3.8, 4) is 11.1 Å². The van der Waals surface area contributed by atoms with Crippen LogP contribution in [0.5, 0.6) is 0 Å². The van der Waals surface area contributed by atoms with E-state index in [4.69, 9.17) is 4.74 Å². The summed E-state index contributed by atoms with van der Waals surface area (Å²) in [4.78, 5) is 24.4. The number of hydrogen-bond donors (Lipinski definition) is 0. The second-order valence-corrected chi connectivity index (χ2v) is 7.29. The number of carbonyl (C=O) groups excluding carboxylic acids is 1. The number of carbonyl (C=O) groups is 1. The van der Waals surface area contributed by atoms with Gasteiger partial charge in [-0.2, -0.15) is 0 Å². The lowest BCUT2D eigenvalue weighted by Crippen LogP contribution is -2.40. The van der Waals surface area contributed by atoms with Crippen LogP contribution in [0.15, 0.2) is 42.0 Å². The Balaban J connectivity index is 1.72. The van der Waals surface area contributed by atoms with E-state index in [-0.39, 0.29) is 11.9 Å². The molecule has 1 atom stereocenters. The first-order valence-electron chi connectivity index (χ1n) is 8.97. The second kappa shape index (κ2) is 7.41. The summed E-state index contributed by atoms with van der Waals surface area (Å²) in [5.74, 6) is 0.729. The maximum atomic E-state index is 12.2. The molecule has 134 valence electrons. The summed E-state index contributed by atoms with van der Waals surface area (Å²) in [6, 6.07) is 10.3. The Hall–Kier alpha value is -2.47. The number of ether oxygens (including phenoxy) is 1. The van der Waals surface area contributed by atoms with Gasteiger partial charge < -0.3 is 9.64 Å². The van der Waals surface area contributed by atoms with Gasteiger partial charge in [0.2, 0.25) is 0 Å². The summed E-state index contributed by atoms with van der Waals surface area (Å²) < 4.78 is 5.23. The van der Waals surface area contributed by atoms with E-state index in [1.807, 2.05) is 25.1 Å². The van der Waals surface area contributed by atoms with Crippen LogP contribution in [0.25, 0.3) is 21.3 Å². The molecule has 0 radical (unpaired) electrons. The minimum Gasteiger partial charge on any atom is -0.466 e. The summed E-state index contributed by atoms with van der Waals surface area (Å²) in [5.41, 5.74) is 2.31. The molecule has 1 aromatic carbocycles. The van der Waals surface area contributed by atoms with Crippen molar-refractivity contribution in [3.63, 3.8) is 0 Å². The minimum atomic E-state index is -0.101. The molecule has 0 saturated carbocycles. The van der Waals surface area contributed by atoms with Gasteiger partial charge in [-0.3, -0.25) is 4.79 Å². The molecule has 2 aromatic heterocycles. The molecule has 0 bridgehead atoms. The molecule has 1 aliphatic heterocycles. The zero-order chi connectivity index (χ0) is 17.9. The molecule has 1 fully saturated rings. The first kappa shape index (κ1) is 17.0. The van der Waals surface area contributed by atoms with Crippen molar-refractivity contribution in [2.24, 2.45) is 5.92 Å². The fourth-order valence-corrected chi connectivity index (χ4v) is 4.46. The lowest BCUT2D eigenvalue weighted by molar-refractivity contribution is -0.148. The highest BCUT2D eigenvalue weighted by Crippen LogP contribution is 2.38. The third-order valence-corrected chi connectivity index (χ3v) is 5.66. The average Bonchev–Trinajstić information content (AvgIpc) is 3.13. The molecule has 4 rings (SSSR count). The van der Waals surface area contributed by atoms with Crippen LogP contribution >= 0.6 is 11.3 Å². The third kappa shape index (κ3) is 3.17. The molecule has 26 heavy (non-hydrogen) atoms. The van der Waals surface area contributed by atoms with Crippen LogP contribution in [0.3, 0.4) is 0 Å².